The van der Waals surface area contributed by atoms with Crippen LogP contribution in [0.2, 0.25) is 0 Å². The molecule has 0 saturated heterocycles. The fraction of sp³-hybridized carbons (Fsp3) is 0.900. The summed E-state index contributed by atoms with van der Waals surface area (Å²) in [5, 5.41) is 9.25. The number of hydrogen-bond donors (Lipinski definition) is 0. The predicted molar refractivity (Wildman–Crippen MR) is 57.6 cm³/mol. The van der Waals surface area contributed by atoms with E-state index >= 15 is 0 Å². The number of halogens is 1. The number of alkyl halides is 1. The molecule has 0 radical (unpaired) electrons. The highest BCUT2D eigenvalue weighted by Gasteiger charge is 2.55. The van der Waals surface area contributed by atoms with Gasteiger partial charge in [0.1, 0.15) is 0 Å². The molecule has 2 aliphatic rings. The topological polar surface area (TPSA) is 78.7 Å². The molecule has 2 rings (SSSR count). The van der Waals surface area contributed by atoms with E-state index in [1.165, 1.54) is 0 Å². The maximum Gasteiger partial charge on any atom is 0.310 e. The van der Waals surface area contributed by atoms with E-state index in [2.05, 4.69) is 4.84 Å². The normalized spacial score (nSPS) is 34.6. The van der Waals surface area contributed by atoms with Crippen molar-refractivity contribution in [3.05, 3.63) is 10.1 Å². The van der Waals surface area contributed by atoms with Crippen LogP contribution >= 0.6 is 11.6 Å². The van der Waals surface area contributed by atoms with Crippen molar-refractivity contribution in [2.75, 3.05) is 12.7 Å². The molecule has 0 atom stereocenters. The molecule has 2 fully saturated rings. The van der Waals surface area contributed by atoms with Crippen molar-refractivity contribution in [1.29, 1.82) is 0 Å². The van der Waals surface area contributed by atoms with Gasteiger partial charge < -0.3 is 9.57 Å². The second-order valence-electron chi connectivity index (χ2n) is 4.97. The first-order chi connectivity index (χ1) is 8.04. The molecule has 1 spiro atoms. The van der Waals surface area contributed by atoms with Gasteiger partial charge in [-0.3, -0.25) is 4.79 Å². The fourth-order valence-corrected chi connectivity index (χ4v) is 3.21. The minimum atomic E-state index is -0.758. The summed E-state index contributed by atoms with van der Waals surface area (Å²) in [6.45, 7) is 0.172. The summed E-state index contributed by atoms with van der Waals surface area (Å²) < 4.78 is 4.73. The summed E-state index contributed by atoms with van der Waals surface area (Å²) in [4.78, 5) is 25.7. The largest absolute Gasteiger partial charge is 0.449 e. The van der Waals surface area contributed by atoms with Gasteiger partial charge in [-0.15, -0.1) is 10.1 Å². The summed E-state index contributed by atoms with van der Waals surface area (Å²) in [6.07, 6.45) is 3.45. The Labute approximate surface area is 103 Å². The Bertz CT molecular complexity index is 321. The summed E-state index contributed by atoms with van der Waals surface area (Å²) in [5.74, 6) is -0.00727. The first kappa shape index (κ1) is 12.4. The Balaban J connectivity index is 1.65. The van der Waals surface area contributed by atoms with Gasteiger partial charge in [0.15, 0.2) is 6.07 Å². The lowest BCUT2D eigenvalue weighted by molar-refractivity contribution is -0.760. The van der Waals surface area contributed by atoms with Crippen LogP contribution in [0.1, 0.15) is 25.7 Å². The number of esters is 1. The van der Waals surface area contributed by atoms with Crippen molar-refractivity contribution in [2.24, 2.45) is 17.3 Å². The third-order valence-electron chi connectivity index (χ3n) is 3.75. The van der Waals surface area contributed by atoms with Crippen LogP contribution in [0.25, 0.3) is 0 Å². The zero-order valence-corrected chi connectivity index (χ0v) is 10.0. The summed E-state index contributed by atoms with van der Waals surface area (Å²) >= 11 is 5.31. The van der Waals surface area contributed by atoms with Crippen LogP contribution in [0, 0.1) is 27.4 Å². The van der Waals surface area contributed by atoms with Crippen molar-refractivity contribution in [3.63, 3.8) is 0 Å². The molecule has 0 heterocycles. The van der Waals surface area contributed by atoms with Gasteiger partial charge in [0, 0.05) is 0 Å². The Morgan fingerprint density at radius 1 is 1.41 bits per heavy atom. The number of nitrogens with zero attached hydrogens (tertiary/aromatic N) is 1. The summed E-state index contributed by atoms with van der Waals surface area (Å²) in [7, 11) is 0. The highest BCUT2D eigenvalue weighted by atomic mass is 35.5. The van der Waals surface area contributed by atoms with Crippen LogP contribution in [0.15, 0.2) is 0 Å². The van der Waals surface area contributed by atoms with Gasteiger partial charge in [-0.25, -0.2) is 0 Å². The lowest BCUT2D eigenvalue weighted by Gasteiger charge is -2.56. The lowest BCUT2D eigenvalue weighted by atomic mass is 9.48. The van der Waals surface area contributed by atoms with Crippen LogP contribution < -0.4 is 0 Å². The Hall–Kier alpha value is -1.04. The van der Waals surface area contributed by atoms with Crippen LogP contribution in [0.5, 0.6) is 0 Å². The zero-order chi connectivity index (χ0) is 12.5. The van der Waals surface area contributed by atoms with Crippen molar-refractivity contribution < 1.29 is 19.5 Å². The molecular formula is C10H14ClNO5. The second kappa shape index (κ2) is 4.68. The van der Waals surface area contributed by atoms with Crippen LogP contribution in [-0.2, 0) is 14.4 Å². The number of carbonyl (C=O) groups excluding carboxylic acids is 1. The first-order valence-electron chi connectivity index (χ1n) is 5.54. The quantitative estimate of drug-likeness (QED) is 0.327. The van der Waals surface area contributed by atoms with Crippen LogP contribution in [0.4, 0.5) is 0 Å². The average Bonchev–Trinajstić information content (AvgIpc) is 2.12. The second-order valence-corrected chi connectivity index (χ2v) is 5.19. The van der Waals surface area contributed by atoms with E-state index in [0.29, 0.717) is 0 Å². The molecule has 0 aromatic carbocycles. The molecule has 6 nitrogen and oxygen atoms in total. The maximum atomic E-state index is 11.3. The Kier molecular flexibility index (Phi) is 3.42. The molecular weight excluding hydrogens is 250 g/mol. The molecule has 96 valence electrons. The molecule has 0 aromatic heterocycles. The van der Waals surface area contributed by atoms with Gasteiger partial charge in [0.25, 0.3) is 5.09 Å². The number of hydrogen-bond acceptors (Lipinski definition) is 5. The Morgan fingerprint density at radius 3 is 2.59 bits per heavy atom. The molecule has 0 aromatic rings. The third-order valence-corrected chi connectivity index (χ3v) is 3.86. The average molecular weight is 264 g/mol. The molecule has 2 saturated carbocycles. The van der Waals surface area contributed by atoms with Crippen molar-refractivity contribution in [1.82, 2.24) is 0 Å². The molecule has 0 bridgehead atoms. The highest BCUT2D eigenvalue weighted by molar-refractivity contribution is 6.17. The van der Waals surface area contributed by atoms with Gasteiger partial charge in [0.2, 0.25) is 0 Å². The van der Waals surface area contributed by atoms with Crippen molar-refractivity contribution in [3.8, 4) is 0 Å². The van der Waals surface area contributed by atoms with E-state index in [1.807, 2.05) is 0 Å². The van der Waals surface area contributed by atoms with Crippen LogP contribution in [0.3, 0.4) is 0 Å². The minimum Gasteiger partial charge on any atom is -0.449 e. The number of rotatable bonds is 5. The monoisotopic (exact) mass is 263 g/mol. The van der Waals surface area contributed by atoms with Crippen LogP contribution in [-0.4, -0.2) is 23.7 Å². The van der Waals surface area contributed by atoms with Crippen molar-refractivity contribution in [2.45, 2.75) is 25.7 Å². The third kappa shape index (κ3) is 2.62. The number of ether oxygens (including phenoxy) is 1. The van der Waals surface area contributed by atoms with Gasteiger partial charge in [0.05, 0.1) is 12.5 Å². The standard InChI is InChI=1S/C10H14ClNO5/c11-6-16-9(13)8-3-10(4-8)1-7(2-10)5-17-12(14)15/h7-8H,1-6H2. The highest BCUT2D eigenvalue weighted by Crippen LogP contribution is 2.61. The van der Waals surface area contributed by atoms with E-state index in [-0.39, 0.29) is 35.9 Å². The van der Waals surface area contributed by atoms with E-state index in [1.54, 1.807) is 0 Å². The van der Waals surface area contributed by atoms with Gasteiger partial charge in [-0.05, 0) is 37.0 Å². The SMILES string of the molecule is O=C(OCCl)C1CC2(CC(CO[N+](=O)[O-])C2)C1. The molecule has 2 aliphatic carbocycles. The van der Waals surface area contributed by atoms with E-state index in [0.717, 1.165) is 25.7 Å². The van der Waals surface area contributed by atoms with Gasteiger partial charge >= 0.3 is 5.97 Å². The van der Waals surface area contributed by atoms with Gasteiger partial charge in [-0.1, -0.05) is 11.6 Å². The van der Waals surface area contributed by atoms with Gasteiger partial charge in [-0.2, -0.15) is 0 Å². The molecule has 0 unspecified atom stereocenters. The van der Waals surface area contributed by atoms with E-state index in [9.17, 15) is 14.9 Å². The van der Waals surface area contributed by atoms with Crippen molar-refractivity contribution >= 4 is 17.6 Å². The molecule has 17 heavy (non-hydrogen) atoms. The predicted octanol–water partition coefficient (Wildman–Crippen LogP) is 1.74. The number of carbonyl (C=O) groups is 1. The minimum absolute atomic E-state index is 0.0360. The zero-order valence-electron chi connectivity index (χ0n) is 9.26. The molecule has 7 heteroatoms. The molecule has 0 aliphatic heterocycles. The smallest absolute Gasteiger partial charge is 0.310 e. The molecule has 0 N–H and O–H groups in total. The summed E-state index contributed by atoms with van der Waals surface area (Å²) in [6, 6.07) is -0.0956. The maximum absolute atomic E-state index is 11.3. The Morgan fingerprint density at radius 2 is 2.06 bits per heavy atom. The van der Waals surface area contributed by atoms with E-state index in [4.69, 9.17) is 16.3 Å². The first-order valence-corrected chi connectivity index (χ1v) is 6.08. The lowest BCUT2D eigenvalue weighted by Crippen LogP contribution is -2.51. The summed E-state index contributed by atoms with van der Waals surface area (Å²) in [5.41, 5.74) is 0.209. The molecule has 0 amide bonds. The van der Waals surface area contributed by atoms with E-state index < -0.39 is 5.09 Å². The fourth-order valence-electron chi connectivity index (χ4n) is 3.11.